The summed E-state index contributed by atoms with van der Waals surface area (Å²) in [4.78, 5) is 5.35. The summed E-state index contributed by atoms with van der Waals surface area (Å²) in [7, 11) is 0. The Morgan fingerprint density at radius 2 is 2.35 bits per heavy atom. The third-order valence-corrected chi connectivity index (χ3v) is 3.51. The number of nitrogens with one attached hydrogen (secondary N) is 1. The van der Waals surface area contributed by atoms with Gasteiger partial charge in [0.05, 0.1) is 17.9 Å². The lowest BCUT2D eigenvalue weighted by molar-refractivity contribution is 0.401. The third kappa shape index (κ3) is 2.24. The Balaban J connectivity index is 1.83. The first-order valence-electron chi connectivity index (χ1n) is 5.31. The maximum atomic E-state index is 12.9. The van der Waals surface area contributed by atoms with Crippen LogP contribution in [0.2, 0.25) is 0 Å². The molecule has 17 heavy (non-hydrogen) atoms. The number of fused-ring (bicyclic) bond motifs is 1. The SMILES string of the molecule is FC1C=CC(Sc2cc3cn[nH]c3cn2)=CC1. The van der Waals surface area contributed by atoms with Gasteiger partial charge in [0.2, 0.25) is 0 Å². The van der Waals surface area contributed by atoms with Crippen molar-refractivity contribution in [3.8, 4) is 0 Å². The molecule has 2 aromatic heterocycles. The average Bonchev–Trinajstić information content (AvgIpc) is 2.79. The highest BCUT2D eigenvalue weighted by atomic mass is 32.2. The fraction of sp³-hybridized carbons (Fsp3) is 0.167. The monoisotopic (exact) mass is 247 g/mol. The molecule has 1 N–H and O–H groups in total. The van der Waals surface area contributed by atoms with Crippen molar-refractivity contribution in [2.75, 3.05) is 0 Å². The molecule has 1 atom stereocenters. The minimum Gasteiger partial charge on any atom is -0.276 e. The van der Waals surface area contributed by atoms with Crippen LogP contribution in [-0.4, -0.2) is 21.4 Å². The van der Waals surface area contributed by atoms with Gasteiger partial charge in [-0.2, -0.15) is 5.10 Å². The van der Waals surface area contributed by atoms with Crippen LogP contribution in [0.3, 0.4) is 0 Å². The number of aromatic nitrogens is 3. The highest BCUT2D eigenvalue weighted by Crippen LogP contribution is 2.30. The molecule has 0 spiro atoms. The van der Waals surface area contributed by atoms with Gasteiger partial charge in [0.1, 0.15) is 11.2 Å². The zero-order valence-electron chi connectivity index (χ0n) is 8.93. The van der Waals surface area contributed by atoms with Gasteiger partial charge in [0.25, 0.3) is 0 Å². The Morgan fingerprint density at radius 3 is 3.18 bits per heavy atom. The van der Waals surface area contributed by atoms with Gasteiger partial charge in [-0.3, -0.25) is 5.10 Å². The van der Waals surface area contributed by atoms with Crippen molar-refractivity contribution in [3.05, 3.63) is 41.6 Å². The molecular weight excluding hydrogens is 237 g/mol. The van der Waals surface area contributed by atoms with E-state index in [1.807, 2.05) is 12.1 Å². The van der Waals surface area contributed by atoms with Gasteiger partial charge in [0.15, 0.2) is 0 Å². The molecule has 0 bridgehead atoms. The number of hydrogen-bond acceptors (Lipinski definition) is 3. The van der Waals surface area contributed by atoms with Gasteiger partial charge in [-0.1, -0.05) is 17.8 Å². The first-order chi connectivity index (χ1) is 8.31. The van der Waals surface area contributed by atoms with Crippen molar-refractivity contribution >= 4 is 22.7 Å². The topological polar surface area (TPSA) is 41.6 Å². The summed E-state index contributed by atoms with van der Waals surface area (Å²) in [6.45, 7) is 0. The quantitative estimate of drug-likeness (QED) is 0.885. The summed E-state index contributed by atoms with van der Waals surface area (Å²) in [5, 5.41) is 8.73. The molecule has 1 aliphatic rings. The third-order valence-electron chi connectivity index (χ3n) is 2.54. The first kappa shape index (κ1) is 10.5. The van der Waals surface area contributed by atoms with Crippen molar-refractivity contribution in [3.63, 3.8) is 0 Å². The lowest BCUT2D eigenvalue weighted by Crippen LogP contribution is -1.96. The van der Waals surface area contributed by atoms with E-state index in [0.717, 1.165) is 20.8 Å². The molecule has 0 aliphatic heterocycles. The largest absolute Gasteiger partial charge is 0.276 e. The maximum absolute atomic E-state index is 12.9. The molecule has 2 aromatic rings. The van der Waals surface area contributed by atoms with Crippen molar-refractivity contribution in [2.45, 2.75) is 17.6 Å². The van der Waals surface area contributed by atoms with E-state index in [0.29, 0.717) is 6.42 Å². The van der Waals surface area contributed by atoms with Gasteiger partial charge in [-0.05, 0) is 18.2 Å². The molecule has 1 unspecified atom stereocenters. The minimum atomic E-state index is -0.844. The standard InChI is InChI=1S/C12H10FN3S/c13-9-1-3-10(4-2-9)17-12-5-8-6-15-16-11(8)7-14-12/h1,3-7,9H,2H2,(H,15,16). The predicted octanol–water partition coefficient (Wildman–Crippen LogP) is 3.23. The van der Waals surface area contributed by atoms with Crippen LogP contribution < -0.4 is 0 Å². The Bertz CT molecular complexity index is 603. The zero-order chi connectivity index (χ0) is 11.7. The number of nitrogens with zero attached hydrogens (tertiary/aromatic N) is 2. The molecule has 3 nitrogen and oxygen atoms in total. The van der Waals surface area contributed by atoms with E-state index < -0.39 is 6.17 Å². The van der Waals surface area contributed by atoms with Crippen LogP contribution in [-0.2, 0) is 0 Å². The summed E-state index contributed by atoms with van der Waals surface area (Å²) in [6.07, 6.45) is 8.42. The molecule has 0 saturated heterocycles. The van der Waals surface area contributed by atoms with Crippen LogP contribution >= 0.6 is 11.8 Å². The first-order valence-corrected chi connectivity index (χ1v) is 6.12. The Labute approximate surface area is 102 Å². The summed E-state index contributed by atoms with van der Waals surface area (Å²) in [5.41, 5.74) is 0.923. The van der Waals surface area contributed by atoms with E-state index in [4.69, 9.17) is 0 Å². The number of H-pyrrole nitrogens is 1. The lowest BCUT2D eigenvalue weighted by Gasteiger charge is -2.08. The second-order valence-electron chi connectivity index (χ2n) is 3.80. The van der Waals surface area contributed by atoms with Crippen molar-refractivity contribution in [1.29, 1.82) is 0 Å². The summed E-state index contributed by atoms with van der Waals surface area (Å²) >= 11 is 1.54. The Hall–Kier alpha value is -1.62. The second kappa shape index (κ2) is 4.33. The minimum absolute atomic E-state index is 0.451. The van der Waals surface area contributed by atoms with Gasteiger partial charge in [0, 0.05) is 16.7 Å². The van der Waals surface area contributed by atoms with Crippen LogP contribution in [0.15, 0.2) is 46.6 Å². The fourth-order valence-electron chi connectivity index (χ4n) is 1.65. The summed E-state index contributed by atoms with van der Waals surface area (Å²) in [5.74, 6) is 0. The number of rotatable bonds is 2. The second-order valence-corrected chi connectivity index (χ2v) is 4.89. The lowest BCUT2D eigenvalue weighted by atomic mass is 10.2. The molecule has 3 rings (SSSR count). The predicted molar refractivity (Wildman–Crippen MR) is 66.5 cm³/mol. The van der Waals surface area contributed by atoms with Crippen molar-refractivity contribution in [2.24, 2.45) is 0 Å². The van der Waals surface area contributed by atoms with E-state index in [-0.39, 0.29) is 0 Å². The molecule has 0 fully saturated rings. The Morgan fingerprint density at radius 1 is 1.41 bits per heavy atom. The number of thioether (sulfide) groups is 1. The summed E-state index contributed by atoms with van der Waals surface area (Å²) in [6, 6.07) is 1.97. The van der Waals surface area contributed by atoms with E-state index in [1.54, 1.807) is 24.5 Å². The number of halogens is 1. The van der Waals surface area contributed by atoms with Gasteiger partial charge in [-0.15, -0.1) is 0 Å². The molecule has 0 saturated carbocycles. The fourth-order valence-corrected chi connectivity index (χ4v) is 2.51. The van der Waals surface area contributed by atoms with E-state index in [1.165, 1.54) is 11.8 Å². The highest BCUT2D eigenvalue weighted by Gasteiger charge is 2.08. The molecular formula is C12H10FN3S. The maximum Gasteiger partial charge on any atom is 0.122 e. The molecule has 86 valence electrons. The van der Waals surface area contributed by atoms with Crippen LogP contribution in [0.4, 0.5) is 4.39 Å². The molecule has 5 heteroatoms. The Kier molecular flexibility index (Phi) is 2.68. The van der Waals surface area contributed by atoms with Crippen LogP contribution in [0.5, 0.6) is 0 Å². The molecule has 0 radical (unpaired) electrons. The van der Waals surface area contributed by atoms with Crippen molar-refractivity contribution in [1.82, 2.24) is 15.2 Å². The van der Waals surface area contributed by atoms with Crippen LogP contribution in [0.1, 0.15) is 6.42 Å². The number of allylic oxidation sites excluding steroid dienone is 3. The number of aromatic amines is 1. The van der Waals surface area contributed by atoms with Crippen LogP contribution in [0, 0.1) is 0 Å². The zero-order valence-corrected chi connectivity index (χ0v) is 9.75. The molecule has 0 amide bonds. The molecule has 1 aliphatic carbocycles. The smallest absolute Gasteiger partial charge is 0.122 e. The number of pyridine rings is 1. The molecule has 0 aromatic carbocycles. The van der Waals surface area contributed by atoms with Gasteiger partial charge < -0.3 is 0 Å². The average molecular weight is 247 g/mol. The van der Waals surface area contributed by atoms with E-state index in [2.05, 4.69) is 15.2 Å². The van der Waals surface area contributed by atoms with Crippen LogP contribution in [0.25, 0.3) is 10.9 Å². The van der Waals surface area contributed by atoms with Gasteiger partial charge >= 0.3 is 0 Å². The number of alkyl halides is 1. The molecule has 2 heterocycles. The normalized spacial score (nSPS) is 19.6. The number of hydrogen-bond donors (Lipinski definition) is 1. The van der Waals surface area contributed by atoms with E-state index in [9.17, 15) is 4.39 Å². The summed E-state index contributed by atoms with van der Waals surface area (Å²) < 4.78 is 12.9. The van der Waals surface area contributed by atoms with Gasteiger partial charge in [-0.25, -0.2) is 9.37 Å². The van der Waals surface area contributed by atoms with E-state index >= 15 is 0 Å². The van der Waals surface area contributed by atoms with Crippen molar-refractivity contribution < 1.29 is 4.39 Å². The highest BCUT2D eigenvalue weighted by molar-refractivity contribution is 8.03.